The van der Waals surface area contributed by atoms with Crippen molar-refractivity contribution in [3.8, 4) is 0 Å². The summed E-state index contributed by atoms with van der Waals surface area (Å²) in [6, 6.07) is 10.1. The summed E-state index contributed by atoms with van der Waals surface area (Å²) < 4.78 is 5.80. The molecule has 1 aliphatic heterocycles. The molecule has 2 nitrogen and oxygen atoms in total. The molecule has 2 aliphatic rings. The molecule has 0 saturated heterocycles. The Morgan fingerprint density at radius 3 is 2.67 bits per heavy atom. The Kier molecular flexibility index (Phi) is 1.88. The lowest BCUT2D eigenvalue weighted by atomic mass is 10.0. The van der Waals surface area contributed by atoms with E-state index in [0.29, 0.717) is 6.42 Å². The molecule has 1 aromatic rings. The summed E-state index contributed by atoms with van der Waals surface area (Å²) in [7, 11) is 0. The zero-order valence-corrected chi connectivity index (χ0v) is 8.40. The van der Waals surface area contributed by atoms with Gasteiger partial charge < -0.3 is 4.74 Å². The molecule has 0 bridgehead atoms. The SMILES string of the molecule is O=C1CCC2=C1CC(c1ccccc1)O2. The Bertz CT molecular complexity index is 431. The maximum atomic E-state index is 11.5. The summed E-state index contributed by atoms with van der Waals surface area (Å²) in [5.41, 5.74) is 2.10. The molecule has 76 valence electrons. The first-order chi connectivity index (χ1) is 7.34. The van der Waals surface area contributed by atoms with E-state index in [4.69, 9.17) is 4.74 Å². The van der Waals surface area contributed by atoms with Crippen LogP contribution in [0.2, 0.25) is 0 Å². The van der Waals surface area contributed by atoms with Gasteiger partial charge in [0.15, 0.2) is 5.78 Å². The second kappa shape index (κ2) is 3.23. The number of hydrogen-bond acceptors (Lipinski definition) is 2. The first-order valence-electron chi connectivity index (χ1n) is 5.31. The Labute approximate surface area is 88.6 Å². The molecule has 0 fully saturated rings. The van der Waals surface area contributed by atoms with Crippen LogP contribution in [0, 0.1) is 0 Å². The molecule has 15 heavy (non-hydrogen) atoms. The lowest BCUT2D eigenvalue weighted by molar-refractivity contribution is -0.115. The van der Waals surface area contributed by atoms with Crippen LogP contribution in [0.25, 0.3) is 0 Å². The van der Waals surface area contributed by atoms with E-state index < -0.39 is 0 Å². The standard InChI is InChI=1S/C13H12O2/c14-11-6-7-12-10(11)8-13(15-12)9-4-2-1-3-5-9/h1-5,13H,6-8H2. The van der Waals surface area contributed by atoms with E-state index in [2.05, 4.69) is 12.1 Å². The Morgan fingerprint density at radius 1 is 1.13 bits per heavy atom. The highest BCUT2D eigenvalue weighted by Crippen LogP contribution is 2.41. The fourth-order valence-corrected chi connectivity index (χ4v) is 2.29. The van der Waals surface area contributed by atoms with Gasteiger partial charge >= 0.3 is 0 Å². The van der Waals surface area contributed by atoms with Crippen molar-refractivity contribution in [2.45, 2.75) is 25.4 Å². The van der Waals surface area contributed by atoms with Gasteiger partial charge in [0.1, 0.15) is 11.9 Å². The topological polar surface area (TPSA) is 26.3 Å². The number of carbonyl (C=O) groups excluding carboxylic acids is 1. The molecule has 2 heteroatoms. The zero-order valence-electron chi connectivity index (χ0n) is 8.40. The fourth-order valence-electron chi connectivity index (χ4n) is 2.29. The minimum atomic E-state index is 0.0699. The van der Waals surface area contributed by atoms with Gasteiger partial charge in [-0.05, 0) is 5.56 Å². The second-order valence-electron chi connectivity index (χ2n) is 4.05. The predicted molar refractivity (Wildman–Crippen MR) is 56.2 cm³/mol. The van der Waals surface area contributed by atoms with Gasteiger partial charge in [0.25, 0.3) is 0 Å². The average molecular weight is 200 g/mol. The third kappa shape index (κ3) is 1.37. The molecule has 0 N–H and O–H groups in total. The third-order valence-electron chi connectivity index (χ3n) is 3.10. The second-order valence-corrected chi connectivity index (χ2v) is 4.05. The summed E-state index contributed by atoms with van der Waals surface area (Å²) in [6.07, 6.45) is 2.28. The van der Waals surface area contributed by atoms with Crippen LogP contribution in [-0.2, 0) is 9.53 Å². The van der Waals surface area contributed by atoms with Crippen LogP contribution < -0.4 is 0 Å². The van der Waals surface area contributed by atoms with E-state index >= 15 is 0 Å². The van der Waals surface area contributed by atoms with Gasteiger partial charge in [0.05, 0.1) is 0 Å². The van der Waals surface area contributed by atoms with Crippen LogP contribution >= 0.6 is 0 Å². The van der Waals surface area contributed by atoms with Crippen molar-refractivity contribution >= 4 is 5.78 Å². The van der Waals surface area contributed by atoms with Crippen molar-refractivity contribution in [1.82, 2.24) is 0 Å². The quantitative estimate of drug-likeness (QED) is 0.696. The normalized spacial score (nSPS) is 24.3. The van der Waals surface area contributed by atoms with Gasteiger partial charge in [0.2, 0.25) is 0 Å². The van der Waals surface area contributed by atoms with Gasteiger partial charge in [-0.1, -0.05) is 30.3 Å². The highest BCUT2D eigenvalue weighted by atomic mass is 16.5. The maximum Gasteiger partial charge on any atom is 0.162 e. The van der Waals surface area contributed by atoms with Crippen molar-refractivity contribution in [2.75, 3.05) is 0 Å². The zero-order chi connectivity index (χ0) is 10.3. The molecule has 1 atom stereocenters. The molecule has 0 radical (unpaired) electrons. The molecule has 3 rings (SSSR count). The fraction of sp³-hybridized carbons (Fsp3) is 0.308. The van der Waals surface area contributed by atoms with Crippen LogP contribution in [0.3, 0.4) is 0 Å². The average Bonchev–Trinajstić information content (AvgIpc) is 2.83. The lowest BCUT2D eigenvalue weighted by Gasteiger charge is -2.13. The van der Waals surface area contributed by atoms with Gasteiger partial charge in [0, 0.05) is 24.8 Å². The minimum absolute atomic E-state index is 0.0699. The smallest absolute Gasteiger partial charge is 0.162 e. The number of carbonyl (C=O) groups is 1. The van der Waals surface area contributed by atoms with E-state index in [0.717, 1.165) is 24.2 Å². The maximum absolute atomic E-state index is 11.5. The first-order valence-corrected chi connectivity index (χ1v) is 5.31. The molecular formula is C13H12O2. The largest absolute Gasteiger partial charge is 0.489 e. The molecule has 1 unspecified atom stereocenters. The minimum Gasteiger partial charge on any atom is -0.489 e. The Morgan fingerprint density at radius 2 is 1.93 bits per heavy atom. The van der Waals surface area contributed by atoms with E-state index in [1.54, 1.807) is 0 Å². The van der Waals surface area contributed by atoms with Gasteiger partial charge in [-0.3, -0.25) is 4.79 Å². The summed E-state index contributed by atoms with van der Waals surface area (Å²) in [6.45, 7) is 0. The van der Waals surface area contributed by atoms with E-state index in [-0.39, 0.29) is 11.9 Å². The monoisotopic (exact) mass is 200 g/mol. The number of ketones is 1. The van der Waals surface area contributed by atoms with Crippen LogP contribution in [-0.4, -0.2) is 5.78 Å². The number of rotatable bonds is 1. The summed E-state index contributed by atoms with van der Waals surface area (Å²) in [4.78, 5) is 11.5. The molecule has 0 spiro atoms. The van der Waals surface area contributed by atoms with Crippen molar-refractivity contribution in [2.24, 2.45) is 0 Å². The number of Topliss-reactive ketones (excluding diaryl/α,β-unsaturated/α-hetero) is 1. The predicted octanol–water partition coefficient (Wildman–Crippen LogP) is 2.77. The highest BCUT2D eigenvalue weighted by molar-refractivity contribution is 5.98. The number of ether oxygens (including phenoxy) is 1. The molecule has 1 heterocycles. The van der Waals surface area contributed by atoms with E-state index in [9.17, 15) is 4.79 Å². The molecular weight excluding hydrogens is 188 g/mol. The molecule has 1 aromatic carbocycles. The van der Waals surface area contributed by atoms with Gasteiger partial charge in [-0.2, -0.15) is 0 Å². The summed E-state index contributed by atoms with van der Waals surface area (Å²) in [5, 5.41) is 0. The number of benzene rings is 1. The van der Waals surface area contributed by atoms with Gasteiger partial charge in [-0.15, -0.1) is 0 Å². The summed E-state index contributed by atoms with van der Waals surface area (Å²) >= 11 is 0. The molecule has 0 saturated carbocycles. The lowest BCUT2D eigenvalue weighted by Crippen LogP contribution is -2.01. The van der Waals surface area contributed by atoms with Crippen molar-refractivity contribution in [3.63, 3.8) is 0 Å². The molecule has 0 amide bonds. The Balaban J connectivity index is 1.83. The Hall–Kier alpha value is -1.57. The van der Waals surface area contributed by atoms with E-state index in [1.165, 1.54) is 5.56 Å². The molecule has 1 aliphatic carbocycles. The highest BCUT2D eigenvalue weighted by Gasteiger charge is 2.34. The van der Waals surface area contributed by atoms with Crippen LogP contribution in [0.5, 0.6) is 0 Å². The third-order valence-corrected chi connectivity index (χ3v) is 3.10. The number of hydrogen-bond donors (Lipinski definition) is 0. The van der Waals surface area contributed by atoms with Crippen LogP contribution in [0.15, 0.2) is 41.7 Å². The van der Waals surface area contributed by atoms with Crippen molar-refractivity contribution < 1.29 is 9.53 Å². The molecule has 0 aromatic heterocycles. The van der Waals surface area contributed by atoms with Crippen molar-refractivity contribution in [1.29, 1.82) is 0 Å². The van der Waals surface area contributed by atoms with Gasteiger partial charge in [-0.25, -0.2) is 0 Å². The van der Waals surface area contributed by atoms with Crippen molar-refractivity contribution in [3.05, 3.63) is 47.2 Å². The summed E-state index contributed by atoms with van der Waals surface area (Å²) in [5.74, 6) is 1.22. The van der Waals surface area contributed by atoms with Crippen LogP contribution in [0.4, 0.5) is 0 Å². The number of allylic oxidation sites excluding steroid dienone is 1. The van der Waals surface area contributed by atoms with E-state index in [1.807, 2.05) is 18.2 Å². The van der Waals surface area contributed by atoms with Crippen LogP contribution in [0.1, 0.15) is 30.9 Å². The first kappa shape index (κ1) is 8.72.